The highest BCUT2D eigenvalue weighted by Gasteiger charge is 2.21. The van der Waals surface area contributed by atoms with Gasteiger partial charge < -0.3 is 20.9 Å². The molecule has 5 heteroatoms. The van der Waals surface area contributed by atoms with E-state index >= 15 is 0 Å². The van der Waals surface area contributed by atoms with Gasteiger partial charge in [0.05, 0.1) is 6.67 Å². The van der Waals surface area contributed by atoms with Crippen LogP contribution >= 0.6 is 0 Å². The number of aliphatic imine (C=N–C) groups is 1. The molecule has 0 aromatic carbocycles. The minimum Gasteiger partial charge on any atom is -0.371 e. The fourth-order valence-corrected chi connectivity index (χ4v) is 2.57. The third-order valence-corrected chi connectivity index (χ3v) is 4.13. The second kappa shape index (κ2) is 9.66. The van der Waals surface area contributed by atoms with Crippen LogP contribution in [0.15, 0.2) is 17.3 Å². The largest absolute Gasteiger partial charge is 0.371 e. The van der Waals surface area contributed by atoms with Gasteiger partial charge in [0.2, 0.25) is 0 Å². The number of hydrogen-bond donors (Lipinski definition) is 3. The molecule has 0 unspecified atom stereocenters. The normalized spacial score (nSPS) is 22.8. The lowest BCUT2D eigenvalue weighted by atomic mass is 9.91. The van der Waals surface area contributed by atoms with Crippen LogP contribution in [0, 0.1) is 0 Å². The van der Waals surface area contributed by atoms with Gasteiger partial charge in [-0.15, -0.1) is 0 Å². The predicted molar refractivity (Wildman–Crippen MR) is 91.4 cm³/mol. The molecule has 0 heterocycles. The SMILES string of the molecule is C=C(CC)NCN(C)/C(=N\CC)NC1CCC(NC)CC1. The summed E-state index contributed by atoms with van der Waals surface area (Å²) in [7, 11) is 4.12. The molecule has 0 bridgehead atoms. The molecule has 122 valence electrons. The van der Waals surface area contributed by atoms with Gasteiger partial charge in [-0.1, -0.05) is 13.5 Å². The van der Waals surface area contributed by atoms with Gasteiger partial charge in [-0.3, -0.25) is 4.99 Å². The van der Waals surface area contributed by atoms with Crippen molar-refractivity contribution < 1.29 is 0 Å². The van der Waals surface area contributed by atoms with Crippen molar-refractivity contribution in [3.8, 4) is 0 Å². The molecule has 1 saturated carbocycles. The molecular weight excluding hydrogens is 262 g/mol. The summed E-state index contributed by atoms with van der Waals surface area (Å²) >= 11 is 0. The van der Waals surface area contributed by atoms with E-state index in [9.17, 15) is 0 Å². The van der Waals surface area contributed by atoms with Gasteiger partial charge in [-0.25, -0.2) is 0 Å². The smallest absolute Gasteiger partial charge is 0.195 e. The van der Waals surface area contributed by atoms with Crippen molar-refractivity contribution in [1.29, 1.82) is 0 Å². The fourth-order valence-electron chi connectivity index (χ4n) is 2.57. The molecule has 3 N–H and O–H groups in total. The van der Waals surface area contributed by atoms with Crippen molar-refractivity contribution >= 4 is 5.96 Å². The Hall–Kier alpha value is -1.23. The van der Waals surface area contributed by atoms with Crippen LogP contribution in [-0.2, 0) is 0 Å². The van der Waals surface area contributed by atoms with Crippen molar-refractivity contribution in [1.82, 2.24) is 20.9 Å². The molecule has 0 spiro atoms. The second-order valence-corrected chi connectivity index (χ2v) is 5.77. The number of nitrogens with zero attached hydrogens (tertiary/aromatic N) is 2. The predicted octanol–water partition coefficient (Wildman–Crippen LogP) is 1.89. The molecule has 0 aliphatic heterocycles. The topological polar surface area (TPSA) is 51.7 Å². The van der Waals surface area contributed by atoms with E-state index in [1.54, 1.807) is 0 Å². The highest BCUT2D eigenvalue weighted by atomic mass is 15.3. The van der Waals surface area contributed by atoms with E-state index in [2.05, 4.69) is 60.4 Å². The molecule has 21 heavy (non-hydrogen) atoms. The fraction of sp³-hybridized carbons (Fsp3) is 0.812. The van der Waals surface area contributed by atoms with Crippen LogP contribution in [-0.4, -0.2) is 50.3 Å². The Kier molecular flexibility index (Phi) is 8.20. The molecule has 0 saturated heterocycles. The van der Waals surface area contributed by atoms with Gasteiger partial charge in [0, 0.05) is 31.4 Å². The Morgan fingerprint density at radius 1 is 1.19 bits per heavy atom. The quantitative estimate of drug-likeness (QED) is 0.381. The molecule has 1 aliphatic rings. The number of nitrogens with one attached hydrogen (secondary N) is 3. The second-order valence-electron chi connectivity index (χ2n) is 5.77. The van der Waals surface area contributed by atoms with Gasteiger partial charge in [0.15, 0.2) is 5.96 Å². The van der Waals surface area contributed by atoms with Gasteiger partial charge >= 0.3 is 0 Å². The highest BCUT2D eigenvalue weighted by molar-refractivity contribution is 5.80. The van der Waals surface area contributed by atoms with Crippen molar-refractivity contribution in [2.24, 2.45) is 4.99 Å². The van der Waals surface area contributed by atoms with E-state index in [0.29, 0.717) is 12.1 Å². The molecule has 0 radical (unpaired) electrons. The summed E-state index contributed by atoms with van der Waals surface area (Å²) in [6.45, 7) is 9.70. The van der Waals surface area contributed by atoms with Crippen molar-refractivity contribution in [2.75, 3.05) is 27.3 Å². The summed E-state index contributed by atoms with van der Waals surface area (Å²) in [5.74, 6) is 0.988. The van der Waals surface area contributed by atoms with Crippen LogP contribution < -0.4 is 16.0 Å². The van der Waals surface area contributed by atoms with E-state index < -0.39 is 0 Å². The van der Waals surface area contributed by atoms with Gasteiger partial charge in [-0.2, -0.15) is 0 Å². The Bertz CT molecular complexity index is 332. The van der Waals surface area contributed by atoms with E-state index in [4.69, 9.17) is 0 Å². The first-order valence-electron chi connectivity index (χ1n) is 8.21. The third-order valence-electron chi connectivity index (χ3n) is 4.13. The number of hydrogen-bond acceptors (Lipinski definition) is 3. The van der Waals surface area contributed by atoms with E-state index in [1.807, 2.05) is 0 Å². The molecule has 0 aromatic heterocycles. The maximum absolute atomic E-state index is 4.61. The van der Waals surface area contributed by atoms with Gasteiger partial charge in [0.25, 0.3) is 0 Å². The molecule has 0 amide bonds. The van der Waals surface area contributed by atoms with Crippen molar-refractivity contribution in [3.05, 3.63) is 12.3 Å². The number of guanidine groups is 1. The maximum atomic E-state index is 4.61. The lowest BCUT2D eigenvalue weighted by Gasteiger charge is -2.32. The monoisotopic (exact) mass is 295 g/mol. The van der Waals surface area contributed by atoms with Crippen molar-refractivity contribution in [3.63, 3.8) is 0 Å². The Labute approximate surface area is 130 Å². The Morgan fingerprint density at radius 2 is 1.81 bits per heavy atom. The molecule has 0 aromatic rings. The number of allylic oxidation sites excluding steroid dienone is 1. The molecule has 1 aliphatic carbocycles. The zero-order chi connectivity index (χ0) is 15.7. The summed E-state index contributed by atoms with van der Waals surface area (Å²) in [6, 6.07) is 1.22. The minimum absolute atomic E-state index is 0.539. The van der Waals surface area contributed by atoms with E-state index in [0.717, 1.165) is 31.3 Å². The van der Waals surface area contributed by atoms with Crippen LogP contribution in [0.2, 0.25) is 0 Å². The highest BCUT2D eigenvalue weighted by Crippen LogP contribution is 2.18. The first-order valence-corrected chi connectivity index (χ1v) is 8.21. The summed E-state index contributed by atoms with van der Waals surface area (Å²) in [5, 5.41) is 10.3. The average molecular weight is 295 g/mol. The van der Waals surface area contributed by atoms with Crippen molar-refractivity contribution in [2.45, 2.75) is 58.0 Å². The van der Waals surface area contributed by atoms with E-state index in [1.165, 1.54) is 25.7 Å². The minimum atomic E-state index is 0.539. The Balaban J connectivity index is 2.46. The zero-order valence-electron chi connectivity index (χ0n) is 14.2. The summed E-state index contributed by atoms with van der Waals surface area (Å²) in [5.41, 5.74) is 1.06. The van der Waals surface area contributed by atoms with Crippen LogP contribution in [0.25, 0.3) is 0 Å². The molecular formula is C16H33N5. The van der Waals surface area contributed by atoms with Crippen LogP contribution in [0.1, 0.15) is 46.0 Å². The van der Waals surface area contributed by atoms with E-state index in [-0.39, 0.29) is 0 Å². The zero-order valence-corrected chi connectivity index (χ0v) is 14.2. The van der Waals surface area contributed by atoms with Crippen LogP contribution in [0.3, 0.4) is 0 Å². The summed E-state index contributed by atoms with van der Waals surface area (Å²) < 4.78 is 0. The first kappa shape index (κ1) is 17.8. The van der Waals surface area contributed by atoms with Crippen LogP contribution in [0.5, 0.6) is 0 Å². The summed E-state index contributed by atoms with van der Waals surface area (Å²) in [4.78, 5) is 6.74. The maximum Gasteiger partial charge on any atom is 0.195 e. The standard InChI is InChI=1S/C16H33N5/c1-6-13(3)19-12-21(5)16(18-7-2)20-15-10-8-14(17-4)9-11-15/h14-15,17,19H,3,6-12H2,1-2,4-5H3,(H,18,20). The van der Waals surface area contributed by atoms with Gasteiger partial charge in [-0.05, 0) is 46.1 Å². The third kappa shape index (κ3) is 6.38. The average Bonchev–Trinajstić information content (AvgIpc) is 2.52. The molecule has 0 atom stereocenters. The lowest BCUT2D eigenvalue weighted by molar-refractivity contribution is 0.330. The van der Waals surface area contributed by atoms with Gasteiger partial charge in [0.1, 0.15) is 0 Å². The first-order chi connectivity index (χ1) is 10.1. The molecule has 5 nitrogen and oxygen atoms in total. The van der Waals surface area contributed by atoms with Crippen LogP contribution in [0.4, 0.5) is 0 Å². The summed E-state index contributed by atoms with van der Waals surface area (Å²) in [6.07, 6.45) is 5.84. The molecule has 1 rings (SSSR count). The lowest BCUT2D eigenvalue weighted by Crippen LogP contribution is -2.49. The Morgan fingerprint density at radius 3 is 2.33 bits per heavy atom. The molecule has 1 fully saturated rings. The number of rotatable bonds is 7.